The molecule has 1 nitrogen and oxygen atoms in total. The van der Waals surface area contributed by atoms with E-state index in [9.17, 15) is 9.18 Å². The van der Waals surface area contributed by atoms with Gasteiger partial charge < -0.3 is 0 Å². The van der Waals surface area contributed by atoms with Gasteiger partial charge >= 0.3 is 0 Å². The third-order valence-electron chi connectivity index (χ3n) is 2.31. The summed E-state index contributed by atoms with van der Waals surface area (Å²) in [6.45, 7) is 0. The van der Waals surface area contributed by atoms with Crippen LogP contribution in [0, 0.1) is 5.13 Å². The number of aldehydes is 1. The van der Waals surface area contributed by atoms with Gasteiger partial charge in [-0.1, -0.05) is 0 Å². The lowest BCUT2D eigenvalue weighted by Gasteiger charge is -2.10. The lowest BCUT2D eigenvalue weighted by atomic mass is 9.94. The number of carbonyl (C=O) groups is 1. The van der Waals surface area contributed by atoms with Crippen molar-refractivity contribution < 1.29 is 9.18 Å². The first-order valence-corrected chi connectivity index (χ1v) is 4.90. The first kappa shape index (κ1) is 7.92. The van der Waals surface area contributed by atoms with Crippen molar-refractivity contribution >= 4 is 17.6 Å². The van der Waals surface area contributed by atoms with Crippen LogP contribution in [0.3, 0.4) is 0 Å². The molecule has 0 aliphatic heterocycles. The number of halogens is 1. The standard InChI is InChI=1S/C9H9FOS/c10-9-7-4-2-1-3-6(7)8(5-11)12-9/h5H,1-4H2. The molecule has 64 valence electrons. The van der Waals surface area contributed by atoms with Crippen molar-refractivity contribution in [2.75, 3.05) is 0 Å². The van der Waals surface area contributed by atoms with Crippen molar-refractivity contribution in [3.05, 3.63) is 21.1 Å². The van der Waals surface area contributed by atoms with Gasteiger partial charge in [0.05, 0.1) is 4.88 Å². The molecule has 0 unspecified atom stereocenters. The highest BCUT2D eigenvalue weighted by Crippen LogP contribution is 2.31. The van der Waals surface area contributed by atoms with Crippen LogP contribution in [0.5, 0.6) is 0 Å². The number of fused-ring (bicyclic) bond motifs is 1. The third-order valence-corrected chi connectivity index (χ3v) is 3.30. The molecule has 1 aliphatic rings. The van der Waals surface area contributed by atoms with Gasteiger partial charge in [0, 0.05) is 5.56 Å². The van der Waals surface area contributed by atoms with Crippen molar-refractivity contribution in [1.29, 1.82) is 0 Å². The highest BCUT2D eigenvalue weighted by molar-refractivity contribution is 7.12. The molecule has 0 N–H and O–H groups in total. The lowest BCUT2D eigenvalue weighted by molar-refractivity contribution is 0.112. The normalized spacial score (nSPS) is 15.8. The lowest BCUT2D eigenvalue weighted by Crippen LogP contribution is -2.02. The Kier molecular flexibility index (Phi) is 1.97. The second-order valence-electron chi connectivity index (χ2n) is 3.02. The van der Waals surface area contributed by atoms with Gasteiger partial charge in [-0.2, -0.15) is 4.39 Å². The number of carbonyl (C=O) groups excluding carboxylic acids is 1. The van der Waals surface area contributed by atoms with Gasteiger partial charge in [0.15, 0.2) is 11.4 Å². The topological polar surface area (TPSA) is 17.1 Å². The molecule has 0 bridgehead atoms. The maximum Gasteiger partial charge on any atom is 0.180 e. The largest absolute Gasteiger partial charge is 0.297 e. The molecule has 0 atom stereocenters. The van der Waals surface area contributed by atoms with Crippen LogP contribution in [-0.4, -0.2) is 6.29 Å². The monoisotopic (exact) mass is 184 g/mol. The van der Waals surface area contributed by atoms with Gasteiger partial charge in [0.2, 0.25) is 0 Å². The summed E-state index contributed by atoms with van der Waals surface area (Å²) >= 11 is 0.995. The van der Waals surface area contributed by atoms with Crippen molar-refractivity contribution in [1.82, 2.24) is 0 Å². The van der Waals surface area contributed by atoms with Crippen LogP contribution in [0.2, 0.25) is 0 Å². The Labute approximate surface area is 74.2 Å². The summed E-state index contributed by atoms with van der Waals surface area (Å²) in [5, 5.41) is -0.146. The van der Waals surface area contributed by atoms with Crippen LogP contribution in [0.1, 0.15) is 33.6 Å². The van der Waals surface area contributed by atoms with Crippen LogP contribution in [0.15, 0.2) is 0 Å². The molecule has 1 aromatic rings. The Morgan fingerprint density at radius 2 is 1.92 bits per heavy atom. The van der Waals surface area contributed by atoms with Crippen LogP contribution in [0.25, 0.3) is 0 Å². The zero-order chi connectivity index (χ0) is 8.55. The summed E-state index contributed by atoms with van der Waals surface area (Å²) in [5.41, 5.74) is 1.77. The fraction of sp³-hybridized carbons (Fsp3) is 0.444. The van der Waals surface area contributed by atoms with E-state index in [2.05, 4.69) is 0 Å². The van der Waals surface area contributed by atoms with Gasteiger partial charge in [-0.3, -0.25) is 4.79 Å². The van der Waals surface area contributed by atoms with Crippen molar-refractivity contribution in [2.24, 2.45) is 0 Å². The zero-order valence-electron chi connectivity index (χ0n) is 6.60. The van der Waals surface area contributed by atoms with E-state index in [0.717, 1.165) is 54.4 Å². The van der Waals surface area contributed by atoms with Gasteiger partial charge in [-0.25, -0.2) is 0 Å². The molecular weight excluding hydrogens is 175 g/mol. The molecule has 0 spiro atoms. The second-order valence-corrected chi connectivity index (χ2v) is 4.02. The van der Waals surface area contributed by atoms with Gasteiger partial charge in [-0.15, -0.1) is 11.3 Å². The minimum absolute atomic E-state index is 0.146. The Morgan fingerprint density at radius 1 is 1.25 bits per heavy atom. The molecule has 0 radical (unpaired) electrons. The Bertz CT molecular complexity index is 317. The molecule has 1 aliphatic carbocycles. The fourth-order valence-electron chi connectivity index (χ4n) is 1.71. The van der Waals surface area contributed by atoms with E-state index < -0.39 is 0 Å². The minimum atomic E-state index is -0.146. The first-order chi connectivity index (χ1) is 5.83. The molecule has 0 saturated carbocycles. The van der Waals surface area contributed by atoms with E-state index in [0.29, 0.717) is 4.88 Å². The quantitative estimate of drug-likeness (QED) is 0.613. The number of hydrogen-bond donors (Lipinski definition) is 0. The molecule has 1 heterocycles. The van der Waals surface area contributed by atoms with E-state index >= 15 is 0 Å². The molecule has 2 rings (SSSR count). The molecule has 0 amide bonds. The Morgan fingerprint density at radius 3 is 2.58 bits per heavy atom. The molecule has 0 fully saturated rings. The summed E-state index contributed by atoms with van der Waals surface area (Å²) in [5.74, 6) is 0. The molecule has 12 heavy (non-hydrogen) atoms. The van der Waals surface area contributed by atoms with E-state index in [1.807, 2.05) is 0 Å². The first-order valence-electron chi connectivity index (χ1n) is 4.08. The molecule has 3 heteroatoms. The molecule has 1 aromatic heterocycles. The minimum Gasteiger partial charge on any atom is -0.297 e. The molecule has 0 saturated heterocycles. The van der Waals surface area contributed by atoms with E-state index in [1.165, 1.54) is 0 Å². The van der Waals surface area contributed by atoms with Crippen LogP contribution in [-0.2, 0) is 12.8 Å². The Balaban J connectivity index is 2.53. The summed E-state index contributed by atoms with van der Waals surface area (Å²) in [4.78, 5) is 11.1. The van der Waals surface area contributed by atoms with Gasteiger partial charge in [0.25, 0.3) is 0 Å². The zero-order valence-corrected chi connectivity index (χ0v) is 7.42. The summed E-state index contributed by atoms with van der Waals surface area (Å²) in [6.07, 6.45) is 4.61. The smallest absolute Gasteiger partial charge is 0.180 e. The summed E-state index contributed by atoms with van der Waals surface area (Å²) in [6, 6.07) is 0. The molecular formula is C9H9FOS. The molecule has 0 aromatic carbocycles. The van der Waals surface area contributed by atoms with Crippen molar-refractivity contribution in [2.45, 2.75) is 25.7 Å². The predicted octanol–water partition coefficient (Wildman–Crippen LogP) is 2.58. The van der Waals surface area contributed by atoms with Crippen LogP contribution < -0.4 is 0 Å². The van der Waals surface area contributed by atoms with E-state index in [4.69, 9.17) is 0 Å². The summed E-state index contributed by atoms with van der Waals surface area (Å²) in [7, 11) is 0. The Hall–Kier alpha value is -0.700. The average molecular weight is 184 g/mol. The van der Waals surface area contributed by atoms with Crippen molar-refractivity contribution in [3.8, 4) is 0 Å². The van der Waals surface area contributed by atoms with Gasteiger partial charge in [0.1, 0.15) is 0 Å². The van der Waals surface area contributed by atoms with Crippen molar-refractivity contribution in [3.63, 3.8) is 0 Å². The van der Waals surface area contributed by atoms with Crippen LogP contribution >= 0.6 is 11.3 Å². The number of rotatable bonds is 1. The van der Waals surface area contributed by atoms with Crippen LogP contribution in [0.4, 0.5) is 4.39 Å². The highest BCUT2D eigenvalue weighted by atomic mass is 32.1. The highest BCUT2D eigenvalue weighted by Gasteiger charge is 2.20. The summed E-state index contributed by atoms with van der Waals surface area (Å²) < 4.78 is 13.1. The predicted molar refractivity (Wildman–Crippen MR) is 46.3 cm³/mol. The van der Waals surface area contributed by atoms with Gasteiger partial charge in [-0.05, 0) is 31.2 Å². The SMILES string of the molecule is O=Cc1sc(F)c2c1CCCC2. The third kappa shape index (κ3) is 1.08. The average Bonchev–Trinajstić information content (AvgIpc) is 2.44. The maximum absolute atomic E-state index is 13.1. The fourth-order valence-corrected chi connectivity index (χ4v) is 2.65. The van der Waals surface area contributed by atoms with E-state index in [1.54, 1.807) is 0 Å². The second kappa shape index (κ2) is 2.98. The van der Waals surface area contributed by atoms with E-state index in [-0.39, 0.29) is 5.13 Å². The maximum atomic E-state index is 13.1. The number of thiophene rings is 1. The number of hydrogen-bond acceptors (Lipinski definition) is 2.